The number of aryl methyl sites for hydroxylation is 1. The van der Waals surface area contributed by atoms with Crippen molar-refractivity contribution in [2.24, 2.45) is 0 Å². The van der Waals surface area contributed by atoms with Crippen molar-refractivity contribution in [3.8, 4) is 0 Å². The van der Waals surface area contributed by atoms with E-state index in [4.69, 9.17) is 4.74 Å². The maximum atomic E-state index is 5.73. The van der Waals surface area contributed by atoms with Gasteiger partial charge in [0.1, 0.15) is 0 Å². The van der Waals surface area contributed by atoms with E-state index in [1.807, 2.05) is 18.2 Å². The van der Waals surface area contributed by atoms with Gasteiger partial charge in [0, 0.05) is 0 Å². The lowest BCUT2D eigenvalue weighted by atomic mass is 10.1. The van der Waals surface area contributed by atoms with E-state index < -0.39 is 0 Å². The Bertz CT molecular complexity index is 481. The Morgan fingerprint density at radius 3 is 2.56 bits per heavy atom. The minimum absolute atomic E-state index is 0.251. The molecular formula is C16H17BrO. The first-order valence-electron chi connectivity index (χ1n) is 6.08. The second-order valence-electron chi connectivity index (χ2n) is 4.38. The van der Waals surface area contributed by atoms with Gasteiger partial charge in [-0.3, -0.25) is 0 Å². The van der Waals surface area contributed by atoms with Gasteiger partial charge in [0.25, 0.3) is 0 Å². The Morgan fingerprint density at radius 2 is 1.83 bits per heavy atom. The van der Waals surface area contributed by atoms with Gasteiger partial charge >= 0.3 is 0 Å². The van der Waals surface area contributed by atoms with Crippen LogP contribution in [-0.4, -0.2) is 6.61 Å². The molecule has 0 bridgehead atoms. The van der Waals surface area contributed by atoms with Crippen LogP contribution in [0.5, 0.6) is 0 Å². The van der Waals surface area contributed by atoms with Crippen LogP contribution in [0.1, 0.15) is 21.5 Å². The number of hydrogen-bond donors (Lipinski definition) is 0. The van der Waals surface area contributed by atoms with Crippen molar-refractivity contribution >= 4 is 15.9 Å². The van der Waals surface area contributed by atoms with Crippen LogP contribution in [0.15, 0.2) is 54.6 Å². The number of rotatable bonds is 5. The third-order valence-corrected chi connectivity index (χ3v) is 3.57. The summed E-state index contributed by atoms with van der Waals surface area (Å²) >= 11 is 3.67. The zero-order valence-corrected chi connectivity index (χ0v) is 12.1. The molecule has 0 saturated heterocycles. The number of benzene rings is 2. The van der Waals surface area contributed by atoms with Crippen LogP contribution in [0.2, 0.25) is 0 Å². The summed E-state index contributed by atoms with van der Waals surface area (Å²) in [5.74, 6) is 0. The van der Waals surface area contributed by atoms with Crippen molar-refractivity contribution < 1.29 is 4.74 Å². The Morgan fingerprint density at radius 1 is 1.06 bits per heavy atom. The Kier molecular flexibility index (Phi) is 4.97. The van der Waals surface area contributed by atoms with Crippen LogP contribution in [0.4, 0.5) is 0 Å². The molecule has 0 radical (unpaired) electrons. The third kappa shape index (κ3) is 3.97. The molecule has 0 fully saturated rings. The minimum Gasteiger partial charge on any atom is -0.375 e. The number of alkyl halides is 1. The highest BCUT2D eigenvalue weighted by molar-refractivity contribution is 9.09. The summed E-state index contributed by atoms with van der Waals surface area (Å²) in [5, 5.41) is 0. The molecule has 1 atom stereocenters. The largest absolute Gasteiger partial charge is 0.375 e. The van der Waals surface area contributed by atoms with Crippen LogP contribution in [-0.2, 0) is 11.3 Å². The third-order valence-electron chi connectivity index (χ3n) is 2.78. The van der Waals surface area contributed by atoms with E-state index in [1.54, 1.807) is 0 Å². The Hall–Kier alpha value is -1.12. The summed E-state index contributed by atoms with van der Waals surface area (Å²) in [5.41, 5.74) is 3.75. The van der Waals surface area contributed by atoms with Crippen LogP contribution in [0.25, 0.3) is 0 Å². The summed E-state index contributed by atoms with van der Waals surface area (Å²) in [6.45, 7) is 3.45. The fourth-order valence-corrected chi connectivity index (χ4v) is 2.29. The molecule has 18 heavy (non-hydrogen) atoms. The van der Waals surface area contributed by atoms with E-state index in [2.05, 4.69) is 59.3 Å². The van der Waals surface area contributed by atoms with Gasteiger partial charge in [-0.2, -0.15) is 0 Å². The molecular weight excluding hydrogens is 288 g/mol. The lowest BCUT2D eigenvalue weighted by molar-refractivity contribution is 0.123. The molecule has 2 aromatic rings. The van der Waals surface area contributed by atoms with Gasteiger partial charge in [0.05, 0.1) is 18.0 Å². The average molecular weight is 305 g/mol. The van der Waals surface area contributed by atoms with Crippen LogP contribution < -0.4 is 0 Å². The van der Waals surface area contributed by atoms with Gasteiger partial charge < -0.3 is 4.74 Å². The predicted molar refractivity (Wildman–Crippen MR) is 78.9 cm³/mol. The van der Waals surface area contributed by atoms with Gasteiger partial charge in [0.15, 0.2) is 0 Å². The zero-order valence-electron chi connectivity index (χ0n) is 10.5. The summed E-state index contributed by atoms with van der Waals surface area (Å²) < 4.78 is 5.73. The van der Waals surface area contributed by atoms with E-state index in [9.17, 15) is 0 Å². The van der Waals surface area contributed by atoms with E-state index in [0.29, 0.717) is 13.2 Å². The summed E-state index contributed by atoms with van der Waals surface area (Å²) in [7, 11) is 0. The quantitative estimate of drug-likeness (QED) is 0.731. The standard InChI is InChI=1S/C16H17BrO/c1-13-6-5-9-15(10-13)16(17)12-18-11-14-7-3-2-4-8-14/h2-10,16H,11-12H2,1H3/t16-/m1/s1. The van der Waals surface area contributed by atoms with Crippen molar-refractivity contribution in [1.82, 2.24) is 0 Å². The summed E-state index contributed by atoms with van der Waals surface area (Å²) in [4.78, 5) is 0.251. The highest BCUT2D eigenvalue weighted by Crippen LogP contribution is 2.23. The number of hydrogen-bond acceptors (Lipinski definition) is 1. The molecule has 94 valence electrons. The van der Waals surface area contributed by atoms with Crippen molar-refractivity contribution in [3.63, 3.8) is 0 Å². The molecule has 0 aromatic heterocycles. The molecule has 0 unspecified atom stereocenters. The Balaban J connectivity index is 1.83. The number of halogens is 1. The van der Waals surface area contributed by atoms with Crippen LogP contribution in [0.3, 0.4) is 0 Å². The first kappa shape index (κ1) is 13.3. The molecule has 2 aromatic carbocycles. The molecule has 0 saturated carbocycles. The molecule has 0 aliphatic rings. The Labute approximate surface area is 117 Å². The molecule has 0 aliphatic heterocycles. The van der Waals surface area contributed by atoms with E-state index in [1.165, 1.54) is 16.7 Å². The van der Waals surface area contributed by atoms with Crippen molar-refractivity contribution in [2.45, 2.75) is 18.4 Å². The normalized spacial score (nSPS) is 12.3. The maximum absolute atomic E-state index is 5.73. The van der Waals surface area contributed by atoms with Gasteiger partial charge in [-0.25, -0.2) is 0 Å². The van der Waals surface area contributed by atoms with E-state index in [-0.39, 0.29) is 4.83 Å². The van der Waals surface area contributed by atoms with E-state index >= 15 is 0 Å². The van der Waals surface area contributed by atoms with Crippen molar-refractivity contribution in [1.29, 1.82) is 0 Å². The zero-order chi connectivity index (χ0) is 12.8. The second-order valence-corrected chi connectivity index (χ2v) is 5.49. The van der Waals surface area contributed by atoms with Gasteiger partial charge in [-0.1, -0.05) is 76.1 Å². The van der Waals surface area contributed by atoms with Crippen LogP contribution >= 0.6 is 15.9 Å². The molecule has 0 heterocycles. The molecule has 2 heteroatoms. The molecule has 0 aliphatic carbocycles. The summed E-state index contributed by atoms with van der Waals surface area (Å²) in [6, 6.07) is 18.7. The fraction of sp³-hybridized carbons (Fsp3) is 0.250. The lowest BCUT2D eigenvalue weighted by Crippen LogP contribution is -2.02. The fourth-order valence-electron chi connectivity index (χ4n) is 1.82. The highest BCUT2D eigenvalue weighted by Gasteiger charge is 2.07. The molecule has 2 rings (SSSR count). The first-order valence-corrected chi connectivity index (χ1v) is 6.99. The average Bonchev–Trinajstić information content (AvgIpc) is 2.40. The number of ether oxygens (including phenoxy) is 1. The van der Waals surface area contributed by atoms with Gasteiger partial charge in [0.2, 0.25) is 0 Å². The van der Waals surface area contributed by atoms with Gasteiger partial charge in [-0.05, 0) is 18.1 Å². The van der Waals surface area contributed by atoms with Crippen LogP contribution in [0, 0.1) is 6.92 Å². The lowest BCUT2D eigenvalue weighted by Gasteiger charge is -2.11. The predicted octanol–water partition coefficient (Wildman–Crippen LogP) is 4.65. The monoisotopic (exact) mass is 304 g/mol. The minimum atomic E-state index is 0.251. The highest BCUT2D eigenvalue weighted by atomic mass is 79.9. The maximum Gasteiger partial charge on any atom is 0.0717 e. The summed E-state index contributed by atoms with van der Waals surface area (Å²) in [6.07, 6.45) is 0. The van der Waals surface area contributed by atoms with E-state index in [0.717, 1.165) is 0 Å². The molecule has 0 amide bonds. The smallest absolute Gasteiger partial charge is 0.0717 e. The topological polar surface area (TPSA) is 9.23 Å². The molecule has 0 spiro atoms. The van der Waals surface area contributed by atoms with Crippen molar-refractivity contribution in [3.05, 3.63) is 71.3 Å². The van der Waals surface area contributed by atoms with Gasteiger partial charge in [-0.15, -0.1) is 0 Å². The SMILES string of the molecule is Cc1cccc([C@H](Br)COCc2ccccc2)c1. The first-order chi connectivity index (χ1) is 8.75. The molecule has 1 nitrogen and oxygen atoms in total. The molecule has 0 N–H and O–H groups in total. The second kappa shape index (κ2) is 6.72. The van der Waals surface area contributed by atoms with Crippen molar-refractivity contribution in [2.75, 3.05) is 6.61 Å².